The lowest BCUT2D eigenvalue weighted by Crippen LogP contribution is -2.78. The molecule has 3 aliphatic rings. The van der Waals surface area contributed by atoms with Gasteiger partial charge in [0.15, 0.2) is 17.2 Å². The summed E-state index contributed by atoms with van der Waals surface area (Å²) in [7, 11) is 0. The van der Waals surface area contributed by atoms with Gasteiger partial charge in [-0.3, -0.25) is 0 Å². The zero-order valence-electron chi connectivity index (χ0n) is 50.9. The zero-order valence-corrected chi connectivity index (χ0v) is 37.9. The number of hydrogen-bond donors (Lipinski definition) is 0. The molecule has 0 fully saturated rings. The first-order chi connectivity index (χ1) is 38.3. The van der Waals surface area contributed by atoms with E-state index in [9.17, 15) is 5.48 Å². The molecule has 2 aromatic heterocycles. The van der Waals surface area contributed by atoms with Crippen molar-refractivity contribution in [1.82, 2.24) is 4.57 Å². The van der Waals surface area contributed by atoms with Crippen molar-refractivity contribution in [2.75, 3.05) is 0 Å². The summed E-state index contributed by atoms with van der Waals surface area (Å²) in [5.74, 6) is -0.0351. The topological polar surface area (TPSA) is 21.9 Å². The summed E-state index contributed by atoms with van der Waals surface area (Å²) >= 11 is 0. The molecule has 8 aromatic carbocycles. The number of nitrogens with zero attached hydrogens (tertiary/aromatic N) is 3. The quantitative estimate of drug-likeness (QED) is 0.158. The van der Waals surface area contributed by atoms with Crippen LogP contribution in [0.3, 0.4) is 0 Å². The second-order valence-electron chi connectivity index (χ2n) is 19.2. The van der Waals surface area contributed by atoms with E-state index in [0.29, 0.717) is 11.4 Å². The van der Waals surface area contributed by atoms with Crippen molar-refractivity contribution in [2.45, 2.75) is 64.9 Å². The molecule has 5 heterocycles. The first-order valence-electron chi connectivity index (χ1n) is 29.4. The lowest BCUT2D eigenvalue weighted by Gasteiger charge is -2.32. The highest BCUT2D eigenvalue weighted by Gasteiger charge is 2.68. The second kappa shape index (κ2) is 14.3. The SMILES string of the molecule is [2H]c1c([2H])c(C(C([2H])([2H])[2H])(C([2H])([2H])[2H])C([2H])([2H])[2H])c([2H])c([2H])c1-c1cc[n+]2c(c1)-c1cc(-c3ccccc3)cc3c1C21Oc2ccccc2-c2n(-c4cc(C)c(-c5ccccc5)cc4-c4ccc(C(C)(C)C)cc4)c4cccc-3c4[n+]21. The molecule has 0 saturated carbocycles. The normalized spacial score (nSPS) is 18.5. The van der Waals surface area contributed by atoms with Crippen LogP contribution in [0.4, 0.5) is 0 Å². The summed E-state index contributed by atoms with van der Waals surface area (Å²) in [5.41, 5.74) is 10.7. The third-order valence-electron chi connectivity index (χ3n) is 14.0. The molecule has 0 aliphatic carbocycles. The predicted octanol–water partition coefficient (Wildman–Crippen LogP) is 15.0. The maximum atomic E-state index is 9.47. The van der Waals surface area contributed by atoms with E-state index < -0.39 is 61.6 Å². The highest BCUT2D eigenvalue weighted by molar-refractivity contribution is 6.00. The Morgan fingerprint density at radius 1 is 0.529 bits per heavy atom. The average Bonchev–Trinajstić information content (AvgIpc) is 2.24. The smallest absolute Gasteiger partial charge is 0.392 e. The summed E-state index contributed by atoms with van der Waals surface area (Å²) in [5, 5.41) is 0. The third-order valence-corrected chi connectivity index (χ3v) is 14.0. The third kappa shape index (κ3) is 5.79. The van der Waals surface area contributed by atoms with Crippen LogP contribution in [0.5, 0.6) is 5.75 Å². The van der Waals surface area contributed by atoms with E-state index in [4.69, 9.17) is 17.1 Å². The minimum Gasteiger partial charge on any atom is -0.392 e. The van der Waals surface area contributed by atoms with E-state index in [2.05, 4.69) is 134 Å². The highest BCUT2D eigenvalue weighted by atomic mass is 16.5. The van der Waals surface area contributed by atoms with Crippen molar-refractivity contribution in [3.63, 3.8) is 0 Å². The molecule has 328 valence electrons. The summed E-state index contributed by atoms with van der Waals surface area (Å²) in [6.45, 7) is -2.68. The van der Waals surface area contributed by atoms with Gasteiger partial charge in [-0.05, 0) is 122 Å². The van der Waals surface area contributed by atoms with Gasteiger partial charge in [0.05, 0.1) is 11.0 Å². The number of pyridine rings is 1. The van der Waals surface area contributed by atoms with Crippen LogP contribution in [0.2, 0.25) is 0 Å². The Morgan fingerprint density at radius 2 is 1.21 bits per heavy atom. The van der Waals surface area contributed by atoms with Gasteiger partial charge in [0.1, 0.15) is 22.6 Å². The molecule has 1 unspecified atom stereocenters. The number of rotatable bonds is 5. The number of fused-ring (bicyclic) bond motifs is 5. The van der Waals surface area contributed by atoms with Crippen molar-refractivity contribution >= 4 is 11.0 Å². The summed E-state index contributed by atoms with van der Waals surface area (Å²) in [4.78, 5) is 0. The Kier molecular flexibility index (Phi) is 6.13. The molecule has 0 bridgehead atoms. The number of benzene rings is 8. The number of imidazole rings is 1. The molecule has 0 amide bonds. The van der Waals surface area contributed by atoms with Gasteiger partial charge in [0.2, 0.25) is 5.69 Å². The fourth-order valence-electron chi connectivity index (χ4n) is 10.8. The van der Waals surface area contributed by atoms with E-state index in [-0.39, 0.29) is 16.5 Å². The van der Waals surface area contributed by atoms with E-state index in [1.54, 1.807) is 18.3 Å². The van der Waals surface area contributed by atoms with Crippen molar-refractivity contribution in [3.8, 4) is 89.7 Å². The number of ether oxygens (including phenoxy) is 1. The van der Waals surface area contributed by atoms with Crippen LogP contribution in [0.15, 0.2) is 194 Å². The fourth-order valence-corrected chi connectivity index (χ4v) is 10.8. The lowest BCUT2D eigenvalue weighted by molar-refractivity contribution is -0.997. The molecule has 0 N–H and O–H groups in total. The molecular formula is C64H53N3O+2. The van der Waals surface area contributed by atoms with E-state index >= 15 is 0 Å². The molecule has 1 spiro atoms. The van der Waals surface area contributed by atoms with Crippen molar-refractivity contribution in [3.05, 3.63) is 216 Å². The minimum absolute atomic E-state index is 0.0754. The summed E-state index contributed by atoms with van der Waals surface area (Å²) in [6, 6.07) is 52.1. The molecular weight excluding hydrogens is 827 g/mol. The first kappa shape index (κ1) is 29.0. The second-order valence-corrected chi connectivity index (χ2v) is 19.2. The van der Waals surface area contributed by atoms with E-state index in [1.807, 2.05) is 59.2 Å². The Balaban J connectivity index is 1.13. The molecule has 4 heteroatoms. The largest absolute Gasteiger partial charge is 0.499 e. The van der Waals surface area contributed by atoms with Crippen LogP contribution < -0.4 is 13.9 Å². The zero-order chi connectivity index (χ0) is 57.2. The minimum atomic E-state index is -3.82. The Morgan fingerprint density at radius 3 is 1.94 bits per heavy atom. The lowest BCUT2D eigenvalue weighted by atomic mass is 9.85. The van der Waals surface area contributed by atoms with Crippen LogP contribution in [0.1, 0.15) is 81.4 Å². The molecule has 13 rings (SSSR count). The maximum absolute atomic E-state index is 9.47. The molecule has 4 nitrogen and oxygen atoms in total. The van der Waals surface area contributed by atoms with Gasteiger partial charge in [0.25, 0.3) is 0 Å². The fraction of sp³-hybridized carbons (Fsp3) is 0.156. The molecule has 0 saturated heterocycles. The molecule has 68 heavy (non-hydrogen) atoms. The van der Waals surface area contributed by atoms with Gasteiger partial charge in [-0.25, -0.2) is 0 Å². The van der Waals surface area contributed by atoms with Crippen LogP contribution >= 0.6 is 0 Å². The van der Waals surface area contributed by atoms with Crippen molar-refractivity contribution in [1.29, 1.82) is 0 Å². The van der Waals surface area contributed by atoms with Gasteiger partial charge in [-0.1, -0.05) is 169 Å². The van der Waals surface area contributed by atoms with Gasteiger partial charge in [-0.2, -0.15) is 4.57 Å². The standard InChI is InChI=1S/C64H53N3O/c1-40-35-57(52(39-51(40)43-19-12-9-13-20-43)44-27-31-48(32-28-44)63(5,6)7)66-55-23-16-22-49-53-36-46(41-17-10-8-11-18-41)37-54-56-38-45(42-25-29-47(30-26-42)62(2,3)4)33-34-65(56)64(59(53)54)67(60(49)55)61(66)50-21-14-15-24-58(50)68-64/h8-39H,1-7H3/q+2/i2D3,3D3,4D3,25D,26D,29D,30D. The molecule has 3 aliphatic heterocycles. The van der Waals surface area contributed by atoms with Crippen LogP contribution in [-0.2, 0) is 16.7 Å². The van der Waals surface area contributed by atoms with Gasteiger partial charge in [0, 0.05) is 41.2 Å². The number of para-hydroxylation sites is 2. The number of aromatic nitrogens is 3. The van der Waals surface area contributed by atoms with E-state index in [0.717, 1.165) is 89.3 Å². The van der Waals surface area contributed by atoms with Gasteiger partial charge < -0.3 is 4.74 Å². The Bertz CT molecular complexity index is 4240. The van der Waals surface area contributed by atoms with Crippen LogP contribution in [-0.4, -0.2) is 4.57 Å². The van der Waals surface area contributed by atoms with Crippen molar-refractivity contribution in [2.24, 2.45) is 0 Å². The Hall–Kier alpha value is -7.82. The highest BCUT2D eigenvalue weighted by Crippen LogP contribution is 2.55. The predicted molar refractivity (Wildman–Crippen MR) is 277 cm³/mol. The maximum Gasteiger partial charge on any atom is 0.499 e. The van der Waals surface area contributed by atoms with Crippen molar-refractivity contribution < 1.29 is 31.7 Å². The molecule has 1 atom stereocenters. The van der Waals surface area contributed by atoms with Crippen LogP contribution in [0.25, 0.3) is 95.0 Å². The van der Waals surface area contributed by atoms with Gasteiger partial charge in [-0.15, -0.1) is 9.13 Å². The Labute approximate surface area is 417 Å². The summed E-state index contributed by atoms with van der Waals surface area (Å²) < 4.78 is 127. The first-order valence-corrected chi connectivity index (χ1v) is 22.9. The monoisotopic (exact) mass is 892 g/mol. The van der Waals surface area contributed by atoms with Gasteiger partial charge >= 0.3 is 11.7 Å². The van der Waals surface area contributed by atoms with E-state index in [1.165, 1.54) is 5.56 Å². The summed E-state index contributed by atoms with van der Waals surface area (Å²) in [6.07, 6.45) is 1.79. The van der Waals surface area contributed by atoms with Crippen LogP contribution in [0, 0.1) is 6.92 Å². The average molecular weight is 893 g/mol. The molecule has 10 aromatic rings. The number of hydrogen-bond acceptors (Lipinski definition) is 1. The molecule has 0 radical (unpaired) electrons. The number of aryl methyl sites for hydroxylation is 1.